The molecule has 2 aliphatic rings. The summed E-state index contributed by atoms with van der Waals surface area (Å²) >= 11 is 3.48. The van der Waals surface area contributed by atoms with Gasteiger partial charge in [-0.2, -0.15) is 0 Å². The molecule has 3 rings (SSSR count). The Bertz CT molecular complexity index is 563. The zero-order valence-corrected chi connectivity index (χ0v) is 14.6. The first-order valence-electron chi connectivity index (χ1n) is 7.68. The standard InChI is InChI=1S/C16H21BrN2O3/c1-16(2,22-14-5-3-4-6-21-14)13-7-11(17)8-18-15(13)19-9-12(20)10-19/h7-8,14H,3-6,9-10H2,1-2H3. The van der Waals surface area contributed by atoms with Crippen LogP contribution in [0.4, 0.5) is 5.82 Å². The molecule has 5 nitrogen and oxygen atoms in total. The molecule has 1 unspecified atom stereocenters. The molecule has 0 radical (unpaired) electrons. The van der Waals surface area contributed by atoms with E-state index in [1.807, 2.05) is 24.8 Å². The number of Topliss-reactive ketones (excluding diaryl/α,β-unsaturated/α-hetero) is 1. The Kier molecular flexibility index (Phi) is 4.52. The molecule has 1 aromatic rings. The molecule has 0 amide bonds. The van der Waals surface area contributed by atoms with Crippen LogP contribution >= 0.6 is 15.9 Å². The van der Waals surface area contributed by atoms with Crippen molar-refractivity contribution in [1.82, 2.24) is 4.98 Å². The van der Waals surface area contributed by atoms with Gasteiger partial charge in [0, 0.05) is 22.8 Å². The minimum absolute atomic E-state index is 0.173. The summed E-state index contributed by atoms with van der Waals surface area (Å²) in [5.74, 6) is 1.06. The normalized spacial score (nSPS) is 22.6. The average molecular weight is 369 g/mol. The summed E-state index contributed by atoms with van der Waals surface area (Å²) in [6.07, 6.45) is 4.73. The molecule has 0 N–H and O–H groups in total. The number of hydrogen-bond acceptors (Lipinski definition) is 5. The average Bonchev–Trinajstić information content (AvgIpc) is 2.45. The van der Waals surface area contributed by atoms with Gasteiger partial charge in [-0.1, -0.05) is 0 Å². The summed E-state index contributed by atoms with van der Waals surface area (Å²) < 4.78 is 12.8. The monoisotopic (exact) mass is 368 g/mol. The lowest BCUT2D eigenvalue weighted by atomic mass is 9.96. The van der Waals surface area contributed by atoms with Crippen LogP contribution < -0.4 is 4.90 Å². The van der Waals surface area contributed by atoms with E-state index in [-0.39, 0.29) is 12.1 Å². The molecule has 120 valence electrons. The maximum atomic E-state index is 11.3. The van der Waals surface area contributed by atoms with Gasteiger partial charge in [-0.15, -0.1) is 0 Å². The van der Waals surface area contributed by atoms with E-state index in [0.717, 1.165) is 41.7 Å². The first-order chi connectivity index (χ1) is 10.5. The van der Waals surface area contributed by atoms with Crippen LogP contribution in [-0.2, 0) is 19.9 Å². The fraction of sp³-hybridized carbons (Fsp3) is 0.625. The summed E-state index contributed by atoms with van der Waals surface area (Å²) in [4.78, 5) is 17.8. The third kappa shape index (κ3) is 3.34. The van der Waals surface area contributed by atoms with E-state index in [4.69, 9.17) is 9.47 Å². The molecule has 1 aromatic heterocycles. The Morgan fingerprint density at radius 2 is 2.18 bits per heavy atom. The molecule has 2 saturated heterocycles. The summed E-state index contributed by atoms with van der Waals surface area (Å²) in [5, 5.41) is 0. The Hall–Kier alpha value is -0.980. The molecule has 22 heavy (non-hydrogen) atoms. The number of carbonyl (C=O) groups excluding carboxylic acids is 1. The predicted octanol–water partition coefficient (Wildman–Crippen LogP) is 3.01. The highest BCUT2D eigenvalue weighted by atomic mass is 79.9. The van der Waals surface area contributed by atoms with Crippen LogP contribution in [0.5, 0.6) is 0 Å². The number of halogens is 1. The highest BCUT2D eigenvalue weighted by Gasteiger charge is 2.35. The van der Waals surface area contributed by atoms with Crippen LogP contribution in [0.3, 0.4) is 0 Å². The van der Waals surface area contributed by atoms with Crippen LogP contribution in [0.15, 0.2) is 16.7 Å². The Balaban J connectivity index is 1.84. The SMILES string of the molecule is CC(C)(OC1CCCCO1)c1cc(Br)cnc1N1CC(=O)C1. The minimum Gasteiger partial charge on any atom is -0.353 e. The molecule has 0 bridgehead atoms. The van der Waals surface area contributed by atoms with Crippen molar-refractivity contribution < 1.29 is 14.3 Å². The predicted molar refractivity (Wildman–Crippen MR) is 86.9 cm³/mol. The largest absolute Gasteiger partial charge is 0.353 e. The molecule has 0 spiro atoms. The maximum Gasteiger partial charge on any atom is 0.171 e. The number of anilines is 1. The fourth-order valence-electron chi connectivity index (χ4n) is 2.85. The molecule has 6 heteroatoms. The number of hydrogen-bond donors (Lipinski definition) is 0. The number of rotatable bonds is 4. The van der Waals surface area contributed by atoms with Crippen molar-refractivity contribution in [2.45, 2.75) is 45.0 Å². The van der Waals surface area contributed by atoms with Crippen molar-refractivity contribution >= 4 is 27.5 Å². The zero-order valence-electron chi connectivity index (χ0n) is 13.0. The Labute approximate surface area is 139 Å². The van der Waals surface area contributed by atoms with Crippen LogP contribution in [0.1, 0.15) is 38.7 Å². The number of aromatic nitrogens is 1. The van der Waals surface area contributed by atoms with Gasteiger partial charge >= 0.3 is 0 Å². The second kappa shape index (κ2) is 6.26. The third-order valence-electron chi connectivity index (χ3n) is 4.08. The second-order valence-electron chi connectivity index (χ2n) is 6.34. The van der Waals surface area contributed by atoms with E-state index in [0.29, 0.717) is 13.1 Å². The third-order valence-corrected chi connectivity index (χ3v) is 4.51. The first-order valence-corrected chi connectivity index (χ1v) is 8.47. The number of pyridine rings is 1. The maximum absolute atomic E-state index is 11.3. The number of ketones is 1. The van der Waals surface area contributed by atoms with E-state index in [9.17, 15) is 4.79 Å². The smallest absolute Gasteiger partial charge is 0.171 e. The van der Waals surface area contributed by atoms with E-state index >= 15 is 0 Å². The molecule has 0 aromatic carbocycles. The van der Waals surface area contributed by atoms with Gasteiger partial charge < -0.3 is 14.4 Å². The first kappa shape index (κ1) is 15.9. The van der Waals surface area contributed by atoms with Crippen LogP contribution in [-0.4, -0.2) is 36.8 Å². The van der Waals surface area contributed by atoms with Gasteiger partial charge in [-0.3, -0.25) is 4.79 Å². The lowest BCUT2D eigenvalue weighted by Gasteiger charge is -2.38. The highest BCUT2D eigenvalue weighted by Crippen LogP contribution is 2.36. The number of ether oxygens (including phenoxy) is 2. The van der Waals surface area contributed by atoms with Crippen LogP contribution in [0.2, 0.25) is 0 Å². The van der Waals surface area contributed by atoms with Gasteiger partial charge in [0.2, 0.25) is 0 Å². The van der Waals surface area contributed by atoms with Gasteiger partial charge in [0.1, 0.15) is 5.82 Å². The van der Waals surface area contributed by atoms with E-state index in [1.165, 1.54) is 0 Å². The highest BCUT2D eigenvalue weighted by molar-refractivity contribution is 9.10. The topological polar surface area (TPSA) is 51.7 Å². The lowest BCUT2D eigenvalue weighted by molar-refractivity contribution is -0.218. The molecular weight excluding hydrogens is 348 g/mol. The Morgan fingerprint density at radius 1 is 1.41 bits per heavy atom. The molecule has 3 heterocycles. The van der Waals surface area contributed by atoms with Crippen molar-refractivity contribution in [3.05, 3.63) is 22.3 Å². The number of carbonyl (C=O) groups is 1. The van der Waals surface area contributed by atoms with Gasteiger partial charge in [0.15, 0.2) is 12.1 Å². The summed E-state index contributed by atoms with van der Waals surface area (Å²) in [5.41, 5.74) is 0.441. The molecule has 0 aliphatic carbocycles. The van der Waals surface area contributed by atoms with Gasteiger partial charge in [-0.05, 0) is 55.1 Å². The lowest BCUT2D eigenvalue weighted by Crippen LogP contribution is -2.49. The summed E-state index contributed by atoms with van der Waals surface area (Å²) in [7, 11) is 0. The molecule has 1 atom stereocenters. The van der Waals surface area contributed by atoms with Gasteiger partial charge in [0.25, 0.3) is 0 Å². The van der Waals surface area contributed by atoms with Crippen molar-refractivity contribution in [2.24, 2.45) is 0 Å². The number of nitrogens with zero attached hydrogens (tertiary/aromatic N) is 2. The molecule has 2 aliphatic heterocycles. The quantitative estimate of drug-likeness (QED) is 0.817. The van der Waals surface area contributed by atoms with Crippen molar-refractivity contribution in [2.75, 3.05) is 24.6 Å². The van der Waals surface area contributed by atoms with Crippen molar-refractivity contribution in [3.63, 3.8) is 0 Å². The van der Waals surface area contributed by atoms with Crippen molar-refractivity contribution in [1.29, 1.82) is 0 Å². The van der Waals surface area contributed by atoms with Gasteiger partial charge in [0.05, 0.1) is 18.7 Å². The Morgan fingerprint density at radius 3 is 2.82 bits per heavy atom. The molecular formula is C16H21BrN2O3. The molecule has 2 fully saturated rings. The van der Waals surface area contributed by atoms with Crippen LogP contribution in [0.25, 0.3) is 0 Å². The zero-order chi connectivity index (χ0) is 15.7. The minimum atomic E-state index is -0.535. The van der Waals surface area contributed by atoms with Crippen LogP contribution in [0, 0.1) is 0 Å². The van der Waals surface area contributed by atoms with E-state index < -0.39 is 5.60 Å². The molecule has 0 saturated carbocycles. The summed E-state index contributed by atoms with van der Waals surface area (Å²) in [6, 6.07) is 2.02. The van der Waals surface area contributed by atoms with E-state index in [1.54, 1.807) is 6.20 Å². The van der Waals surface area contributed by atoms with Gasteiger partial charge in [-0.25, -0.2) is 4.98 Å². The fourth-order valence-corrected chi connectivity index (χ4v) is 3.18. The van der Waals surface area contributed by atoms with E-state index in [2.05, 4.69) is 20.9 Å². The second-order valence-corrected chi connectivity index (χ2v) is 7.26. The summed E-state index contributed by atoms with van der Waals surface area (Å²) in [6.45, 7) is 5.67. The van der Waals surface area contributed by atoms with Crippen molar-refractivity contribution in [3.8, 4) is 0 Å².